The summed E-state index contributed by atoms with van der Waals surface area (Å²) in [6, 6.07) is 20.5. The lowest BCUT2D eigenvalue weighted by Gasteiger charge is -2.07. The molecule has 2 nitrogen and oxygen atoms in total. The summed E-state index contributed by atoms with van der Waals surface area (Å²) in [6.07, 6.45) is 1.92. The van der Waals surface area contributed by atoms with Crippen LogP contribution in [0.5, 0.6) is 0 Å². The number of aryl methyl sites for hydroxylation is 1. The van der Waals surface area contributed by atoms with Gasteiger partial charge in [0.15, 0.2) is 4.80 Å². The van der Waals surface area contributed by atoms with Crippen molar-refractivity contribution in [3.63, 3.8) is 0 Å². The molecule has 0 aliphatic heterocycles. The zero-order valence-corrected chi connectivity index (χ0v) is 15.3. The minimum atomic E-state index is 0. The molecule has 0 amide bonds. The zero-order valence-electron chi connectivity index (χ0n) is 12.9. The van der Waals surface area contributed by atoms with E-state index in [1.54, 1.807) is 11.3 Å². The van der Waals surface area contributed by atoms with Crippen LogP contribution >= 0.6 is 11.3 Å². The third kappa shape index (κ3) is 3.89. The number of nitrogens with zero attached hydrogens (tertiary/aromatic N) is 2. The van der Waals surface area contributed by atoms with E-state index in [1.807, 2.05) is 42.5 Å². The normalized spacial score (nSPS) is 11.1. The lowest BCUT2D eigenvalue weighted by atomic mass is 10.1. The van der Waals surface area contributed by atoms with Gasteiger partial charge in [0, 0.05) is 11.4 Å². The smallest absolute Gasteiger partial charge is 0.190 e. The van der Waals surface area contributed by atoms with Gasteiger partial charge in [0.05, 0.1) is 11.4 Å². The second-order valence-electron chi connectivity index (χ2n) is 5.00. The van der Waals surface area contributed by atoms with E-state index in [0.717, 1.165) is 17.0 Å². The van der Waals surface area contributed by atoms with Crippen LogP contribution in [0.1, 0.15) is 4.88 Å². The number of hydrogen-bond donors (Lipinski definition) is 0. The number of hydrogen-bond acceptors (Lipinski definition) is 2. The van der Waals surface area contributed by atoms with Crippen molar-refractivity contribution in [3.05, 3.63) is 83.0 Å². The molecule has 0 bridgehead atoms. The first kappa shape index (κ1) is 17.4. The number of para-hydroxylation sites is 1. The summed E-state index contributed by atoms with van der Waals surface area (Å²) in [5.41, 5.74) is 3.41. The van der Waals surface area contributed by atoms with E-state index < -0.39 is 0 Å². The quantitative estimate of drug-likeness (QED) is 0.610. The predicted octanol–water partition coefficient (Wildman–Crippen LogP) is 1.95. The molecule has 4 heteroatoms. The largest absolute Gasteiger partial charge is 1.00 e. The molecule has 2 aromatic carbocycles. The van der Waals surface area contributed by atoms with Gasteiger partial charge in [-0.25, -0.2) is 4.99 Å². The van der Waals surface area contributed by atoms with Gasteiger partial charge in [0.25, 0.3) is 0 Å². The monoisotopic (exact) mass is 385 g/mol. The Morgan fingerprint density at radius 2 is 1.65 bits per heavy atom. The number of halogens is 1. The fraction of sp³-hybridized carbons (Fsp3) is 0.105. The van der Waals surface area contributed by atoms with Gasteiger partial charge in [-0.3, -0.25) is 0 Å². The summed E-state index contributed by atoms with van der Waals surface area (Å²) in [5, 5.41) is 0. The summed E-state index contributed by atoms with van der Waals surface area (Å²) >= 11 is 1.72. The highest BCUT2D eigenvalue weighted by atomic mass is 79.9. The molecule has 0 saturated carbocycles. The van der Waals surface area contributed by atoms with Crippen molar-refractivity contribution < 1.29 is 17.0 Å². The molecule has 3 rings (SSSR count). The highest BCUT2D eigenvalue weighted by Crippen LogP contribution is 2.25. The predicted molar refractivity (Wildman–Crippen MR) is 94.3 cm³/mol. The number of aromatic nitrogens is 1. The standard InChI is InChI=1S/C19H18N2S.BrH/c1-3-14-21-18(16-10-6-4-7-11-16)15(2)22-19(21)20-17-12-8-5-9-13-17;/h3-13H,1,14H2,2H3;1H/p-1. The van der Waals surface area contributed by atoms with E-state index in [4.69, 9.17) is 4.99 Å². The van der Waals surface area contributed by atoms with Crippen LogP contribution in [-0.4, -0.2) is 4.57 Å². The third-order valence-electron chi connectivity index (χ3n) is 3.42. The van der Waals surface area contributed by atoms with Gasteiger partial charge in [-0.05, 0) is 24.6 Å². The molecule has 0 aliphatic carbocycles. The molecular weight excluding hydrogens is 368 g/mol. The lowest BCUT2D eigenvalue weighted by Crippen LogP contribution is -3.00. The van der Waals surface area contributed by atoms with Crippen LogP contribution in [0.25, 0.3) is 11.3 Å². The Balaban J connectivity index is 0.00000192. The van der Waals surface area contributed by atoms with Crippen molar-refractivity contribution >= 4 is 17.0 Å². The lowest BCUT2D eigenvalue weighted by molar-refractivity contribution is -0.00000440. The fourth-order valence-electron chi connectivity index (χ4n) is 2.48. The molecule has 0 radical (unpaired) electrons. The molecule has 0 fully saturated rings. The van der Waals surface area contributed by atoms with Crippen molar-refractivity contribution in [2.45, 2.75) is 13.5 Å². The zero-order chi connectivity index (χ0) is 15.4. The van der Waals surface area contributed by atoms with Crippen molar-refractivity contribution in [2.75, 3.05) is 0 Å². The van der Waals surface area contributed by atoms with Gasteiger partial charge in [-0.15, -0.1) is 17.9 Å². The Morgan fingerprint density at radius 3 is 2.26 bits per heavy atom. The summed E-state index contributed by atoms with van der Waals surface area (Å²) in [4.78, 5) is 7.07. The van der Waals surface area contributed by atoms with Gasteiger partial charge in [-0.2, -0.15) is 0 Å². The van der Waals surface area contributed by atoms with Gasteiger partial charge in [0.1, 0.15) is 0 Å². The summed E-state index contributed by atoms with van der Waals surface area (Å²) in [5.74, 6) is 0. The summed E-state index contributed by atoms with van der Waals surface area (Å²) in [7, 11) is 0. The van der Waals surface area contributed by atoms with Gasteiger partial charge < -0.3 is 21.5 Å². The van der Waals surface area contributed by atoms with Crippen LogP contribution in [0.15, 0.2) is 78.3 Å². The SMILES string of the molecule is C=CCn1c(-c2ccccc2)c(C)sc1=Nc1ccccc1.[Br-]. The highest BCUT2D eigenvalue weighted by molar-refractivity contribution is 7.09. The van der Waals surface area contributed by atoms with Crippen LogP contribution in [0.3, 0.4) is 0 Å². The van der Waals surface area contributed by atoms with Crippen molar-refractivity contribution in [1.29, 1.82) is 0 Å². The van der Waals surface area contributed by atoms with E-state index >= 15 is 0 Å². The molecule has 0 aliphatic rings. The van der Waals surface area contributed by atoms with Crippen molar-refractivity contribution in [1.82, 2.24) is 4.57 Å². The van der Waals surface area contributed by atoms with Gasteiger partial charge in [-0.1, -0.05) is 54.6 Å². The highest BCUT2D eigenvalue weighted by Gasteiger charge is 2.11. The summed E-state index contributed by atoms with van der Waals surface area (Å²) in [6.45, 7) is 6.79. The Labute approximate surface area is 151 Å². The second kappa shape index (κ2) is 8.09. The van der Waals surface area contributed by atoms with Crippen LogP contribution in [0.2, 0.25) is 0 Å². The van der Waals surface area contributed by atoms with E-state index in [0.29, 0.717) is 0 Å². The molecule has 118 valence electrons. The van der Waals surface area contributed by atoms with E-state index in [9.17, 15) is 0 Å². The maximum absolute atomic E-state index is 4.80. The number of benzene rings is 2. The molecule has 23 heavy (non-hydrogen) atoms. The Hall–Kier alpha value is -1.91. The topological polar surface area (TPSA) is 17.3 Å². The first-order chi connectivity index (χ1) is 10.8. The number of thiazole rings is 1. The molecule has 3 aromatic rings. The first-order valence-corrected chi connectivity index (χ1v) is 8.07. The van der Waals surface area contributed by atoms with Crippen LogP contribution in [0, 0.1) is 6.92 Å². The molecular formula is C19H18BrN2S-. The maximum atomic E-state index is 4.80. The molecule has 0 saturated heterocycles. The summed E-state index contributed by atoms with van der Waals surface area (Å²) < 4.78 is 2.23. The van der Waals surface area contributed by atoms with Crippen LogP contribution in [0.4, 0.5) is 5.69 Å². The van der Waals surface area contributed by atoms with Crippen molar-refractivity contribution in [3.8, 4) is 11.3 Å². The minimum Gasteiger partial charge on any atom is -1.00 e. The average molecular weight is 386 g/mol. The number of rotatable bonds is 4. The Kier molecular flexibility index (Phi) is 6.13. The van der Waals surface area contributed by atoms with E-state index in [-0.39, 0.29) is 17.0 Å². The second-order valence-corrected chi connectivity index (χ2v) is 6.18. The Bertz CT molecular complexity index is 833. The molecule has 0 spiro atoms. The van der Waals surface area contributed by atoms with Gasteiger partial charge >= 0.3 is 0 Å². The van der Waals surface area contributed by atoms with Crippen molar-refractivity contribution in [2.24, 2.45) is 4.99 Å². The maximum Gasteiger partial charge on any atom is 0.190 e. The Morgan fingerprint density at radius 1 is 1.04 bits per heavy atom. The number of allylic oxidation sites excluding steroid dienone is 1. The first-order valence-electron chi connectivity index (χ1n) is 7.26. The van der Waals surface area contributed by atoms with E-state index in [1.165, 1.54) is 16.1 Å². The fourth-order valence-corrected chi connectivity index (χ4v) is 3.50. The van der Waals surface area contributed by atoms with Crippen LogP contribution < -0.4 is 21.8 Å². The molecule has 0 N–H and O–H groups in total. The van der Waals surface area contributed by atoms with Gasteiger partial charge in [0.2, 0.25) is 0 Å². The molecule has 0 unspecified atom stereocenters. The molecule has 1 aromatic heterocycles. The van der Waals surface area contributed by atoms with E-state index in [2.05, 4.69) is 42.3 Å². The average Bonchev–Trinajstić information content (AvgIpc) is 2.85. The third-order valence-corrected chi connectivity index (χ3v) is 4.41. The van der Waals surface area contributed by atoms with Crippen LogP contribution in [-0.2, 0) is 6.54 Å². The molecule has 0 atom stereocenters. The minimum absolute atomic E-state index is 0. The molecule has 1 heterocycles.